The lowest BCUT2D eigenvalue weighted by atomic mass is 9.83. The van der Waals surface area contributed by atoms with Gasteiger partial charge in [-0.15, -0.1) is 5.10 Å². The first-order valence-electron chi connectivity index (χ1n) is 13.6. The van der Waals surface area contributed by atoms with Crippen molar-refractivity contribution in [2.45, 2.75) is 58.0 Å². The summed E-state index contributed by atoms with van der Waals surface area (Å²) in [6, 6.07) is 14.4. The Morgan fingerprint density at radius 3 is 2.78 bits per heavy atom. The van der Waals surface area contributed by atoms with E-state index < -0.39 is 29.6 Å². The number of hydrogen-bond donors (Lipinski definition) is 2. The lowest BCUT2D eigenvalue weighted by molar-refractivity contribution is -0.153. The molecule has 41 heavy (non-hydrogen) atoms. The lowest BCUT2D eigenvalue weighted by Gasteiger charge is -2.39. The quantitative estimate of drug-likeness (QED) is 0.208. The largest absolute Gasteiger partial charge is 0.441 e. The maximum atomic E-state index is 13.8. The number of nitrogens with zero attached hydrogens (tertiary/aromatic N) is 5. The number of esters is 1. The van der Waals surface area contributed by atoms with Crippen molar-refractivity contribution in [2.24, 2.45) is 5.92 Å². The minimum atomic E-state index is -1.75. The van der Waals surface area contributed by atoms with Crippen LogP contribution in [0.1, 0.15) is 43.5 Å². The first-order valence-corrected chi connectivity index (χ1v) is 13.6. The molecular formula is C30H33N5O6. The second kappa shape index (κ2) is 11.6. The van der Waals surface area contributed by atoms with Gasteiger partial charge in [-0.05, 0) is 30.2 Å². The summed E-state index contributed by atoms with van der Waals surface area (Å²) in [5.74, 6) is -1.56. The Labute approximate surface area is 237 Å². The molecule has 2 aliphatic rings. The predicted octanol–water partition coefficient (Wildman–Crippen LogP) is 2.46. The Kier molecular flexibility index (Phi) is 8.00. The van der Waals surface area contributed by atoms with Gasteiger partial charge in [-0.2, -0.15) is 0 Å². The molecule has 0 radical (unpaired) electrons. The molecule has 1 fully saturated rings. The molecule has 11 nitrogen and oxygen atoms in total. The monoisotopic (exact) mass is 559 g/mol. The second-order valence-electron chi connectivity index (χ2n) is 10.3. The standard InChI is InChI=1S/C30H33N5O6/c1-20(8-5-6-14-33-19-23(13-15-36)31-32-33)30(40)25-11-3-4-12-26(25)34(29(30)39)18-22-9-7-10-24(16-22)35-27(38)17-28(35)41-21(2)37/h3-5,7-12,16,19-20,28,36,40H,6,13-15,17-18H2,1-2H3/b8-5+/t20-,28?,30+/m1/s1. The van der Waals surface area contributed by atoms with Gasteiger partial charge in [0.1, 0.15) is 0 Å². The van der Waals surface area contributed by atoms with E-state index in [1.165, 1.54) is 11.8 Å². The third-order valence-electron chi connectivity index (χ3n) is 7.48. The number of rotatable bonds is 11. The van der Waals surface area contributed by atoms with E-state index in [-0.39, 0.29) is 25.5 Å². The maximum Gasteiger partial charge on any atom is 0.304 e. The van der Waals surface area contributed by atoms with Crippen LogP contribution in [0.4, 0.5) is 11.4 Å². The van der Waals surface area contributed by atoms with E-state index in [4.69, 9.17) is 9.84 Å². The minimum Gasteiger partial charge on any atom is -0.441 e. The van der Waals surface area contributed by atoms with Crippen LogP contribution in [0, 0.1) is 5.92 Å². The highest BCUT2D eigenvalue weighted by atomic mass is 16.6. The summed E-state index contributed by atoms with van der Waals surface area (Å²) < 4.78 is 6.93. The predicted molar refractivity (Wildman–Crippen MR) is 149 cm³/mol. The van der Waals surface area contributed by atoms with Crippen LogP contribution >= 0.6 is 0 Å². The number of aliphatic hydroxyl groups is 2. The van der Waals surface area contributed by atoms with Crippen molar-refractivity contribution in [2.75, 3.05) is 16.4 Å². The summed E-state index contributed by atoms with van der Waals surface area (Å²) in [5, 5.41) is 29.0. The molecule has 2 aromatic carbocycles. The van der Waals surface area contributed by atoms with Gasteiger partial charge >= 0.3 is 5.97 Å². The number of carbonyl (C=O) groups excluding carboxylic acids is 3. The molecule has 5 rings (SSSR count). The highest BCUT2D eigenvalue weighted by Gasteiger charge is 2.52. The minimum absolute atomic E-state index is 0.0152. The van der Waals surface area contributed by atoms with Crippen molar-refractivity contribution in [1.82, 2.24) is 15.0 Å². The third kappa shape index (κ3) is 5.50. The molecule has 1 unspecified atom stereocenters. The van der Waals surface area contributed by atoms with Crippen molar-refractivity contribution in [3.63, 3.8) is 0 Å². The van der Waals surface area contributed by atoms with E-state index in [2.05, 4.69) is 10.3 Å². The zero-order chi connectivity index (χ0) is 29.1. The van der Waals surface area contributed by atoms with Gasteiger partial charge in [0.15, 0.2) is 11.8 Å². The van der Waals surface area contributed by atoms with E-state index in [1.54, 1.807) is 46.1 Å². The summed E-state index contributed by atoms with van der Waals surface area (Å²) in [6.07, 6.45) is 6.11. The molecule has 0 aliphatic carbocycles. The number of aliphatic hydroxyl groups excluding tert-OH is 1. The van der Waals surface area contributed by atoms with E-state index in [1.807, 2.05) is 37.3 Å². The highest BCUT2D eigenvalue weighted by molar-refractivity contribution is 6.07. The van der Waals surface area contributed by atoms with Gasteiger partial charge in [0, 0.05) is 49.9 Å². The molecule has 2 amide bonds. The number of ether oxygens (including phenoxy) is 1. The average Bonchev–Trinajstić information content (AvgIpc) is 3.48. The van der Waals surface area contributed by atoms with Crippen molar-refractivity contribution in [3.8, 4) is 0 Å². The molecule has 1 saturated heterocycles. The van der Waals surface area contributed by atoms with E-state index in [0.717, 1.165) is 11.3 Å². The molecule has 1 aromatic heterocycles. The topological polar surface area (TPSA) is 138 Å². The molecular weight excluding hydrogens is 526 g/mol. The Morgan fingerprint density at radius 1 is 1.22 bits per heavy atom. The Morgan fingerprint density at radius 2 is 2.02 bits per heavy atom. The average molecular weight is 560 g/mol. The molecule has 0 spiro atoms. The Bertz CT molecular complexity index is 1490. The van der Waals surface area contributed by atoms with Crippen LogP contribution in [0.25, 0.3) is 0 Å². The Hall–Kier alpha value is -4.35. The molecule has 2 N–H and O–H groups in total. The summed E-state index contributed by atoms with van der Waals surface area (Å²) in [5.41, 5.74) is 1.47. The number of carbonyl (C=O) groups is 3. The molecule has 3 atom stereocenters. The van der Waals surface area contributed by atoms with Gasteiger partial charge in [0.05, 0.1) is 24.3 Å². The van der Waals surface area contributed by atoms with E-state index in [9.17, 15) is 19.5 Å². The van der Waals surface area contributed by atoms with Crippen LogP contribution in [-0.2, 0) is 44.2 Å². The fourth-order valence-corrected chi connectivity index (χ4v) is 5.35. The van der Waals surface area contributed by atoms with Crippen LogP contribution in [0.5, 0.6) is 0 Å². The fraction of sp³-hybridized carbons (Fsp3) is 0.367. The number of aryl methyl sites for hydroxylation is 1. The first kappa shape index (κ1) is 28.2. The van der Waals surface area contributed by atoms with Gasteiger partial charge in [-0.25, -0.2) is 0 Å². The lowest BCUT2D eigenvalue weighted by Crippen LogP contribution is -2.54. The number of allylic oxidation sites excluding steroid dienone is 1. The van der Waals surface area contributed by atoms with Crippen molar-refractivity contribution < 1.29 is 29.3 Å². The van der Waals surface area contributed by atoms with Crippen LogP contribution in [0.2, 0.25) is 0 Å². The molecule has 2 aliphatic heterocycles. The molecule has 0 saturated carbocycles. The van der Waals surface area contributed by atoms with Crippen LogP contribution in [0.15, 0.2) is 66.9 Å². The number of anilines is 2. The second-order valence-corrected chi connectivity index (χ2v) is 10.3. The highest BCUT2D eigenvalue weighted by Crippen LogP contribution is 2.45. The number of fused-ring (bicyclic) bond motifs is 1. The van der Waals surface area contributed by atoms with E-state index >= 15 is 0 Å². The number of aromatic nitrogens is 3. The summed E-state index contributed by atoms with van der Waals surface area (Å²) in [4.78, 5) is 40.5. The zero-order valence-electron chi connectivity index (χ0n) is 23.0. The Balaban J connectivity index is 1.31. The molecule has 0 bridgehead atoms. The van der Waals surface area contributed by atoms with Gasteiger partial charge in [0.2, 0.25) is 5.91 Å². The van der Waals surface area contributed by atoms with Gasteiger partial charge in [0.25, 0.3) is 5.91 Å². The van der Waals surface area contributed by atoms with Crippen LogP contribution in [-0.4, -0.2) is 55.8 Å². The number of para-hydroxylation sites is 1. The normalized spacial score (nSPS) is 20.8. The number of amides is 2. The number of benzene rings is 2. The summed E-state index contributed by atoms with van der Waals surface area (Å²) in [6.45, 7) is 3.89. The number of hydrogen-bond acceptors (Lipinski definition) is 8. The van der Waals surface area contributed by atoms with Crippen LogP contribution < -0.4 is 9.80 Å². The molecule has 3 heterocycles. The van der Waals surface area contributed by atoms with Gasteiger partial charge in [-0.3, -0.25) is 24.0 Å². The van der Waals surface area contributed by atoms with Crippen molar-refractivity contribution in [1.29, 1.82) is 0 Å². The van der Waals surface area contributed by atoms with Gasteiger partial charge in [-0.1, -0.05) is 54.6 Å². The SMILES string of the molecule is CC(=O)OC1CC(=O)N1c1cccc(CN2C(=O)[C@](O)([C@H](C)/C=C/CCn3cc(CCO)nn3)c3ccccc32)c1. The van der Waals surface area contributed by atoms with Crippen molar-refractivity contribution >= 4 is 29.2 Å². The smallest absolute Gasteiger partial charge is 0.304 e. The van der Waals surface area contributed by atoms with Crippen LogP contribution in [0.3, 0.4) is 0 Å². The molecule has 11 heteroatoms. The molecule has 3 aromatic rings. The number of β-lactam (4-membered cyclic amide) rings is 1. The third-order valence-corrected chi connectivity index (χ3v) is 7.48. The van der Waals surface area contributed by atoms with Gasteiger partial charge < -0.3 is 19.8 Å². The fourth-order valence-electron chi connectivity index (χ4n) is 5.35. The zero-order valence-corrected chi connectivity index (χ0v) is 23.0. The van der Waals surface area contributed by atoms with E-state index in [0.29, 0.717) is 36.3 Å². The summed E-state index contributed by atoms with van der Waals surface area (Å²) in [7, 11) is 0. The molecule has 214 valence electrons. The van der Waals surface area contributed by atoms with Crippen molar-refractivity contribution in [3.05, 3.63) is 83.7 Å². The first-order chi connectivity index (χ1) is 19.7. The summed E-state index contributed by atoms with van der Waals surface area (Å²) >= 11 is 0. The maximum absolute atomic E-state index is 13.8.